The molecule has 0 aliphatic carbocycles. The average Bonchev–Trinajstić information content (AvgIpc) is 2.92. The maximum absolute atomic E-state index is 13.1. The number of hydrogen-bond donors (Lipinski definition) is 1. The van der Waals surface area contributed by atoms with Crippen molar-refractivity contribution in [3.05, 3.63) is 94.0 Å². The Hall–Kier alpha value is -2.78. The van der Waals surface area contributed by atoms with Gasteiger partial charge in [-0.3, -0.25) is 9.69 Å². The van der Waals surface area contributed by atoms with Gasteiger partial charge in [0.25, 0.3) is 5.91 Å². The lowest BCUT2D eigenvalue weighted by Gasteiger charge is -2.28. The summed E-state index contributed by atoms with van der Waals surface area (Å²) in [6, 6.07) is 21.3. The molecular formula is C22H19ClN2O. The molecule has 0 saturated carbocycles. The largest absolute Gasteiger partial charge is 0.361 e. The number of fused-ring (bicyclic) bond motifs is 1. The maximum atomic E-state index is 13.1. The Morgan fingerprint density at radius 3 is 2.23 bits per heavy atom. The number of amides is 1. The number of carbonyl (C=O) groups excluding carboxylic acids is 1. The molecule has 130 valence electrons. The molecule has 0 bridgehead atoms. The lowest BCUT2D eigenvalue weighted by molar-refractivity contribution is 0.0993. The zero-order valence-corrected chi connectivity index (χ0v) is 15.4. The van der Waals surface area contributed by atoms with E-state index in [2.05, 4.69) is 31.3 Å². The van der Waals surface area contributed by atoms with E-state index in [4.69, 9.17) is 11.6 Å². The number of anilines is 2. The molecule has 0 saturated heterocycles. The van der Waals surface area contributed by atoms with Crippen LogP contribution in [0.4, 0.5) is 11.4 Å². The number of aryl methyl sites for hydroxylation is 2. The highest BCUT2D eigenvalue weighted by Crippen LogP contribution is 2.39. The van der Waals surface area contributed by atoms with Crippen molar-refractivity contribution in [3.63, 3.8) is 0 Å². The molecule has 3 aromatic carbocycles. The van der Waals surface area contributed by atoms with E-state index in [9.17, 15) is 4.79 Å². The summed E-state index contributed by atoms with van der Waals surface area (Å²) >= 11 is 6.03. The third kappa shape index (κ3) is 2.74. The van der Waals surface area contributed by atoms with Crippen LogP contribution in [0.25, 0.3) is 0 Å². The molecule has 0 fully saturated rings. The first-order chi connectivity index (χ1) is 12.6. The van der Waals surface area contributed by atoms with Crippen molar-refractivity contribution in [2.45, 2.75) is 20.0 Å². The molecule has 0 radical (unpaired) electrons. The molecule has 1 N–H and O–H groups in total. The van der Waals surface area contributed by atoms with E-state index in [1.54, 1.807) is 4.90 Å². The van der Waals surface area contributed by atoms with Crippen LogP contribution in [0.2, 0.25) is 5.02 Å². The first-order valence-electron chi connectivity index (χ1n) is 8.57. The van der Waals surface area contributed by atoms with Gasteiger partial charge in [-0.1, -0.05) is 48.0 Å². The Morgan fingerprint density at radius 1 is 0.885 bits per heavy atom. The fourth-order valence-electron chi connectivity index (χ4n) is 3.51. The van der Waals surface area contributed by atoms with Crippen molar-refractivity contribution in [2.24, 2.45) is 0 Å². The topological polar surface area (TPSA) is 32.3 Å². The number of nitrogens with zero attached hydrogens (tertiary/aromatic N) is 1. The second-order valence-electron chi connectivity index (χ2n) is 6.55. The normalized spacial score (nSPS) is 15.9. The first-order valence-corrected chi connectivity index (χ1v) is 8.95. The van der Waals surface area contributed by atoms with E-state index in [1.807, 2.05) is 54.6 Å². The van der Waals surface area contributed by atoms with Gasteiger partial charge in [0, 0.05) is 27.5 Å². The molecule has 3 nitrogen and oxygen atoms in total. The van der Waals surface area contributed by atoms with Crippen LogP contribution in [-0.4, -0.2) is 5.91 Å². The van der Waals surface area contributed by atoms with Crippen LogP contribution in [0.1, 0.15) is 33.2 Å². The van der Waals surface area contributed by atoms with Gasteiger partial charge in [-0.15, -0.1) is 0 Å². The number of hydrogen-bond acceptors (Lipinski definition) is 2. The smallest absolute Gasteiger partial charge is 0.260 e. The predicted molar refractivity (Wildman–Crippen MR) is 107 cm³/mol. The van der Waals surface area contributed by atoms with Crippen molar-refractivity contribution < 1.29 is 4.79 Å². The quantitative estimate of drug-likeness (QED) is 0.645. The monoisotopic (exact) mass is 362 g/mol. The minimum Gasteiger partial charge on any atom is -0.361 e. The predicted octanol–water partition coefficient (Wildman–Crippen LogP) is 5.73. The van der Waals surface area contributed by atoms with Gasteiger partial charge in [0.1, 0.15) is 6.17 Å². The molecule has 0 spiro atoms. The van der Waals surface area contributed by atoms with Gasteiger partial charge in [0.05, 0.1) is 0 Å². The van der Waals surface area contributed by atoms with E-state index in [1.165, 1.54) is 0 Å². The number of carbonyl (C=O) groups is 1. The molecule has 3 aromatic rings. The molecule has 4 rings (SSSR count). The van der Waals surface area contributed by atoms with Crippen LogP contribution in [0.15, 0.2) is 66.7 Å². The molecule has 1 unspecified atom stereocenters. The summed E-state index contributed by atoms with van der Waals surface area (Å²) in [7, 11) is 0. The van der Waals surface area contributed by atoms with Crippen LogP contribution >= 0.6 is 11.6 Å². The summed E-state index contributed by atoms with van der Waals surface area (Å²) in [6.45, 7) is 4.15. The second kappa shape index (κ2) is 6.50. The lowest BCUT2D eigenvalue weighted by atomic mass is 10.1. The van der Waals surface area contributed by atoms with Crippen LogP contribution in [0, 0.1) is 13.8 Å². The third-order valence-electron chi connectivity index (χ3n) is 4.83. The van der Waals surface area contributed by atoms with Crippen molar-refractivity contribution in [1.29, 1.82) is 0 Å². The Balaban J connectivity index is 1.82. The number of halogens is 1. The van der Waals surface area contributed by atoms with Gasteiger partial charge in [-0.25, -0.2) is 0 Å². The van der Waals surface area contributed by atoms with Gasteiger partial charge in [-0.05, 0) is 55.3 Å². The first kappa shape index (κ1) is 16.7. The molecule has 1 amide bonds. The van der Waals surface area contributed by atoms with E-state index in [0.717, 1.165) is 33.6 Å². The highest BCUT2D eigenvalue weighted by Gasteiger charge is 2.37. The zero-order valence-electron chi connectivity index (χ0n) is 14.7. The SMILES string of the molecule is Cc1cccc(C)c1NC1c2ccccc2C(=O)N1c1ccc(Cl)cc1. The number of benzene rings is 3. The van der Waals surface area contributed by atoms with E-state index >= 15 is 0 Å². The van der Waals surface area contributed by atoms with Crippen LogP contribution in [-0.2, 0) is 0 Å². The Kier molecular flexibility index (Phi) is 4.17. The van der Waals surface area contributed by atoms with Crippen molar-refractivity contribution >= 4 is 28.9 Å². The fraction of sp³-hybridized carbons (Fsp3) is 0.136. The van der Waals surface area contributed by atoms with Crippen molar-refractivity contribution in [2.75, 3.05) is 10.2 Å². The van der Waals surface area contributed by atoms with E-state index < -0.39 is 0 Å². The summed E-state index contributed by atoms with van der Waals surface area (Å²) in [5, 5.41) is 4.25. The van der Waals surface area contributed by atoms with Crippen LogP contribution in [0.5, 0.6) is 0 Å². The number of rotatable bonds is 3. The van der Waals surface area contributed by atoms with Crippen LogP contribution < -0.4 is 10.2 Å². The molecule has 1 heterocycles. The molecule has 1 aliphatic heterocycles. The average molecular weight is 363 g/mol. The Labute approximate surface area is 158 Å². The molecule has 1 aliphatic rings. The summed E-state index contributed by atoms with van der Waals surface area (Å²) < 4.78 is 0. The maximum Gasteiger partial charge on any atom is 0.260 e. The Morgan fingerprint density at radius 2 is 1.54 bits per heavy atom. The van der Waals surface area contributed by atoms with E-state index in [-0.39, 0.29) is 12.1 Å². The molecule has 26 heavy (non-hydrogen) atoms. The lowest BCUT2D eigenvalue weighted by Crippen LogP contribution is -2.32. The van der Waals surface area contributed by atoms with Gasteiger partial charge in [0.15, 0.2) is 0 Å². The molecular weight excluding hydrogens is 344 g/mol. The summed E-state index contributed by atoms with van der Waals surface area (Å²) in [4.78, 5) is 14.9. The minimum atomic E-state index is -0.264. The van der Waals surface area contributed by atoms with Gasteiger partial charge in [-0.2, -0.15) is 0 Å². The summed E-state index contributed by atoms with van der Waals surface area (Å²) in [6.07, 6.45) is -0.264. The van der Waals surface area contributed by atoms with Crippen molar-refractivity contribution in [3.8, 4) is 0 Å². The third-order valence-corrected chi connectivity index (χ3v) is 5.08. The number of nitrogens with one attached hydrogen (secondary N) is 1. The molecule has 1 atom stereocenters. The molecule has 4 heteroatoms. The number of para-hydroxylation sites is 1. The minimum absolute atomic E-state index is 0.00772. The summed E-state index contributed by atoms with van der Waals surface area (Å²) in [5.74, 6) is -0.00772. The van der Waals surface area contributed by atoms with Crippen LogP contribution in [0.3, 0.4) is 0 Å². The van der Waals surface area contributed by atoms with Gasteiger partial charge in [0.2, 0.25) is 0 Å². The highest BCUT2D eigenvalue weighted by molar-refractivity contribution is 6.30. The van der Waals surface area contributed by atoms with Gasteiger partial charge >= 0.3 is 0 Å². The summed E-state index contributed by atoms with van der Waals surface area (Å²) in [5.41, 5.74) is 5.89. The fourth-order valence-corrected chi connectivity index (χ4v) is 3.63. The van der Waals surface area contributed by atoms with E-state index in [0.29, 0.717) is 5.02 Å². The zero-order chi connectivity index (χ0) is 18.3. The second-order valence-corrected chi connectivity index (χ2v) is 6.99. The standard InChI is InChI=1S/C22H19ClN2O/c1-14-6-5-7-15(2)20(14)24-21-18-8-3-4-9-19(18)22(26)25(21)17-12-10-16(23)11-13-17/h3-13,21,24H,1-2H3. The highest BCUT2D eigenvalue weighted by atomic mass is 35.5. The van der Waals surface area contributed by atoms with Gasteiger partial charge < -0.3 is 5.32 Å². The van der Waals surface area contributed by atoms with Crippen molar-refractivity contribution in [1.82, 2.24) is 0 Å². The Bertz CT molecular complexity index is 961. The molecule has 0 aromatic heterocycles.